The highest BCUT2D eigenvalue weighted by Crippen LogP contribution is 2.13. The summed E-state index contributed by atoms with van der Waals surface area (Å²) < 4.78 is 13.1. The minimum absolute atomic E-state index is 0.0246. The third-order valence-electron chi connectivity index (χ3n) is 4.00. The van der Waals surface area contributed by atoms with E-state index in [-0.39, 0.29) is 11.7 Å². The van der Waals surface area contributed by atoms with Crippen LogP contribution in [0.15, 0.2) is 35.7 Å². The van der Waals surface area contributed by atoms with Crippen LogP contribution < -0.4 is 0 Å². The third kappa shape index (κ3) is 4.49. The molecule has 0 saturated carbocycles. The zero-order valence-corrected chi connectivity index (χ0v) is 14.4. The van der Waals surface area contributed by atoms with Crippen LogP contribution in [0.1, 0.15) is 16.3 Å². The predicted octanol–water partition coefficient (Wildman–Crippen LogP) is 2.95. The first-order chi connectivity index (χ1) is 11.6. The van der Waals surface area contributed by atoms with Gasteiger partial charge >= 0.3 is 0 Å². The molecule has 0 aliphatic carbocycles. The number of benzene rings is 1. The molecule has 0 unspecified atom stereocenters. The molecule has 4 nitrogen and oxygen atoms in total. The Labute approximate surface area is 145 Å². The van der Waals surface area contributed by atoms with E-state index in [0.717, 1.165) is 30.3 Å². The average molecular weight is 345 g/mol. The summed E-state index contributed by atoms with van der Waals surface area (Å²) in [7, 11) is 0. The van der Waals surface area contributed by atoms with Crippen molar-refractivity contribution in [2.75, 3.05) is 26.2 Å². The van der Waals surface area contributed by atoms with Crippen LogP contribution in [-0.4, -0.2) is 46.9 Å². The van der Waals surface area contributed by atoms with Gasteiger partial charge in [0.15, 0.2) is 0 Å². The van der Waals surface area contributed by atoms with Crippen molar-refractivity contribution in [1.82, 2.24) is 14.8 Å². The van der Waals surface area contributed by atoms with Crippen molar-refractivity contribution in [2.45, 2.75) is 13.5 Å². The van der Waals surface area contributed by atoms with Gasteiger partial charge < -0.3 is 4.90 Å². The van der Waals surface area contributed by atoms with Gasteiger partial charge in [-0.05, 0) is 30.7 Å². The average Bonchev–Trinajstić information content (AvgIpc) is 2.98. The zero-order valence-electron chi connectivity index (χ0n) is 13.6. The number of thiazole rings is 1. The maximum absolute atomic E-state index is 13.1. The number of carbonyl (C=O) groups excluding carboxylic acids is 1. The number of carbonyl (C=O) groups is 1. The lowest BCUT2D eigenvalue weighted by Crippen LogP contribution is -2.47. The molecule has 1 aliphatic rings. The van der Waals surface area contributed by atoms with Gasteiger partial charge in [-0.25, -0.2) is 9.37 Å². The first-order valence-electron chi connectivity index (χ1n) is 7.96. The van der Waals surface area contributed by atoms with Crippen LogP contribution in [0, 0.1) is 12.7 Å². The summed E-state index contributed by atoms with van der Waals surface area (Å²) in [6.45, 7) is 5.94. The standard InChI is InChI=1S/C18H20FN3OS/c1-14-20-17(13-24-14)12-21-7-9-22(10-8-21)18(23)6-5-15-3-2-4-16(19)11-15/h2-6,11,13H,7-10,12H2,1H3. The monoisotopic (exact) mass is 345 g/mol. The molecule has 0 radical (unpaired) electrons. The number of hydrogen-bond donors (Lipinski definition) is 0. The first-order valence-corrected chi connectivity index (χ1v) is 8.84. The molecule has 1 fully saturated rings. The molecule has 1 amide bonds. The van der Waals surface area contributed by atoms with E-state index >= 15 is 0 Å². The molecule has 2 heterocycles. The number of hydrogen-bond acceptors (Lipinski definition) is 4. The third-order valence-corrected chi connectivity index (χ3v) is 4.83. The molecule has 24 heavy (non-hydrogen) atoms. The smallest absolute Gasteiger partial charge is 0.246 e. The zero-order chi connectivity index (χ0) is 16.9. The number of nitrogens with zero attached hydrogens (tertiary/aromatic N) is 3. The van der Waals surface area contributed by atoms with Gasteiger partial charge in [-0.15, -0.1) is 11.3 Å². The van der Waals surface area contributed by atoms with Gasteiger partial charge in [0.25, 0.3) is 0 Å². The Bertz CT molecular complexity index is 735. The number of aromatic nitrogens is 1. The van der Waals surface area contributed by atoms with Crippen LogP contribution in [0.2, 0.25) is 0 Å². The molecular formula is C18H20FN3OS. The van der Waals surface area contributed by atoms with Crippen LogP contribution in [0.5, 0.6) is 0 Å². The van der Waals surface area contributed by atoms with Crippen molar-refractivity contribution in [3.63, 3.8) is 0 Å². The van der Waals surface area contributed by atoms with E-state index in [1.807, 2.05) is 11.8 Å². The van der Waals surface area contributed by atoms with E-state index in [4.69, 9.17) is 0 Å². The molecule has 126 valence electrons. The molecule has 1 aliphatic heterocycles. The largest absolute Gasteiger partial charge is 0.337 e. The van der Waals surface area contributed by atoms with E-state index in [9.17, 15) is 9.18 Å². The minimum Gasteiger partial charge on any atom is -0.337 e. The van der Waals surface area contributed by atoms with E-state index in [2.05, 4.69) is 15.3 Å². The fraction of sp³-hybridized carbons (Fsp3) is 0.333. The first kappa shape index (κ1) is 16.8. The van der Waals surface area contributed by atoms with Crippen LogP contribution >= 0.6 is 11.3 Å². The van der Waals surface area contributed by atoms with Gasteiger partial charge in [0.1, 0.15) is 5.82 Å². The van der Waals surface area contributed by atoms with Crippen molar-refractivity contribution in [2.24, 2.45) is 0 Å². The lowest BCUT2D eigenvalue weighted by molar-refractivity contribution is -0.127. The van der Waals surface area contributed by atoms with Crippen molar-refractivity contribution in [3.05, 3.63) is 57.8 Å². The molecule has 1 aromatic carbocycles. The van der Waals surface area contributed by atoms with Gasteiger partial charge in [-0.3, -0.25) is 9.69 Å². The summed E-state index contributed by atoms with van der Waals surface area (Å²) in [5.74, 6) is -0.320. The highest BCUT2D eigenvalue weighted by atomic mass is 32.1. The molecule has 2 aromatic rings. The topological polar surface area (TPSA) is 36.4 Å². The van der Waals surface area contributed by atoms with Crippen molar-refractivity contribution >= 4 is 23.3 Å². The number of halogens is 1. The summed E-state index contributed by atoms with van der Waals surface area (Å²) in [4.78, 5) is 20.9. The maximum atomic E-state index is 13.1. The molecule has 0 spiro atoms. The van der Waals surface area contributed by atoms with Crippen LogP contribution in [0.3, 0.4) is 0 Å². The maximum Gasteiger partial charge on any atom is 0.246 e. The van der Waals surface area contributed by atoms with E-state index < -0.39 is 0 Å². The van der Waals surface area contributed by atoms with Crippen molar-refractivity contribution in [3.8, 4) is 0 Å². The SMILES string of the molecule is Cc1nc(CN2CCN(C(=O)C=Cc3cccc(F)c3)CC2)cs1. The van der Waals surface area contributed by atoms with Gasteiger partial charge in [-0.2, -0.15) is 0 Å². The Hall–Kier alpha value is -2.05. The van der Waals surface area contributed by atoms with Crippen LogP contribution in [-0.2, 0) is 11.3 Å². The van der Waals surface area contributed by atoms with E-state index in [1.165, 1.54) is 18.2 Å². The predicted molar refractivity (Wildman–Crippen MR) is 94.1 cm³/mol. The lowest BCUT2D eigenvalue weighted by Gasteiger charge is -2.33. The second-order valence-corrected chi connectivity index (χ2v) is 6.91. The number of aryl methyl sites for hydroxylation is 1. The molecule has 3 rings (SSSR count). The van der Waals surface area contributed by atoms with Gasteiger partial charge in [-0.1, -0.05) is 12.1 Å². The molecule has 0 bridgehead atoms. The van der Waals surface area contributed by atoms with Gasteiger partial charge in [0, 0.05) is 44.2 Å². The Kier molecular flexibility index (Phi) is 5.37. The molecule has 1 saturated heterocycles. The van der Waals surface area contributed by atoms with E-state index in [0.29, 0.717) is 18.7 Å². The molecule has 0 N–H and O–H groups in total. The number of piperazine rings is 1. The molecule has 6 heteroatoms. The molecule has 0 atom stereocenters. The highest BCUT2D eigenvalue weighted by Gasteiger charge is 2.20. The molecular weight excluding hydrogens is 325 g/mol. The fourth-order valence-electron chi connectivity index (χ4n) is 2.72. The van der Waals surface area contributed by atoms with Crippen molar-refractivity contribution in [1.29, 1.82) is 0 Å². The summed E-state index contributed by atoms with van der Waals surface area (Å²) in [6, 6.07) is 6.22. The van der Waals surface area contributed by atoms with Crippen molar-refractivity contribution < 1.29 is 9.18 Å². The lowest BCUT2D eigenvalue weighted by atomic mass is 10.2. The quantitative estimate of drug-likeness (QED) is 0.800. The number of amides is 1. The van der Waals surface area contributed by atoms with Gasteiger partial charge in [0.05, 0.1) is 10.7 Å². The Morgan fingerprint density at radius 1 is 1.33 bits per heavy atom. The Morgan fingerprint density at radius 3 is 2.79 bits per heavy atom. The minimum atomic E-state index is -0.296. The van der Waals surface area contributed by atoms with E-state index in [1.54, 1.807) is 29.5 Å². The Balaban J connectivity index is 1.49. The fourth-order valence-corrected chi connectivity index (χ4v) is 3.32. The number of rotatable bonds is 4. The summed E-state index contributed by atoms with van der Waals surface area (Å²) in [6.07, 6.45) is 3.18. The Morgan fingerprint density at radius 2 is 2.12 bits per heavy atom. The summed E-state index contributed by atoms with van der Waals surface area (Å²) in [5.41, 5.74) is 1.80. The highest BCUT2D eigenvalue weighted by molar-refractivity contribution is 7.09. The summed E-state index contributed by atoms with van der Waals surface area (Å²) >= 11 is 1.67. The van der Waals surface area contributed by atoms with Crippen LogP contribution in [0.4, 0.5) is 4.39 Å². The van der Waals surface area contributed by atoms with Gasteiger partial charge in [0.2, 0.25) is 5.91 Å². The normalized spacial score (nSPS) is 16.0. The summed E-state index contributed by atoms with van der Waals surface area (Å²) in [5, 5.41) is 3.18. The van der Waals surface area contributed by atoms with Crippen LogP contribution in [0.25, 0.3) is 6.08 Å². The second kappa shape index (κ2) is 7.68. The second-order valence-electron chi connectivity index (χ2n) is 5.85. The molecule has 1 aromatic heterocycles.